The van der Waals surface area contributed by atoms with Gasteiger partial charge in [-0.15, -0.1) is 0 Å². The van der Waals surface area contributed by atoms with Gasteiger partial charge in [-0.1, -0.05) is 0 Å². The highest BCUT2D eigenvalue weighted by Gasteiger charge is 2.23. The summed E-state index contributed by atoms with van der Waals surface area (Å²) < 4.78 is 0. The fourth-order valence-corrected chi connectivity index (χ4v) is 1.15. The van der Waals surface area contributed by atoms with Crippen LogP contribution in [0.15, 0.2) is 0 Å². The molecule has 1 aliphatic heterocycles. The number of aliphatic carboxylic acids is 1. The van der Waals surface area contributed by atoms with Crippen molar-refractivity contribution in [2.75, 3.05) is 19.6 Å². The third-order valence-corrected chi connectivity index (χ3v) is 2.04. The van der Waals surface area contributed by atoms with Gasteiger partial charge in [-0.05, 0) is 6.92 Å². The number of carboxylic acid groups (broad SMARTS) is 1. The predicted molar refractivity (Wildman–Crippen MR) is 50.2 cm³/mol. The Hall–Kier alpha value is -1.79. The molecule has 15 heavy (non-hydrogen) atoms. The molecule has 1 aliphatic rings. The van der Waals surface area contributed by atoms with E-state index in [4.69, 9.17) is 5.11 Å². The minimum absolute atomic E-state index is 0.0296. The minimum atomic E-state index is -1.11. The fourth-order valence-electron chi connectivity index (χ4n) is 1.15. The highest BCUT2D eigenvalue weighted by atomic mass is 16.4. The molecule has 3 N–H and O–H groups in total. The molecule has 0 aliphatic carbocycles. The van der Waals surface area contributed by atoms with E-state index >= 15 is 0 Å². The Kier molecular flexibility index (Phi) is 3.48. The number of nitrogens with one attached hydrogen (secondary N) is 2. The van der Waals surface area contributed by atoms with Gasteiger partial charge >= 0.3 is 12.0 Å². The third kappa shape index (κ3) is 3.12. The summed E-state index contributed by atoms with van der Waals surface area (Å²) in [5, 5.41) is 13.4. The molecule has 0 unspecified atom stereocenters. The molecule has 1 rings (SSSR count). The van der Waals surface area contributed by atoms with Gasteiger partial charge in [-0.25, -0.2) is 4.79 Å². The van der Waals surface area contributed by atoms with Gasteiger partial charge < -0.3 is 20.6 Å². The van der Waals surface area contributed by atoms with Gasteiger partial charge in [0.15, 0.2) is 0 Å². The lowest BCUT2D eigenvalue weighted by molar-refractivity contribution is -0.138. The largest absolute Gasteiger partial charge is 0.480 e. The summed E-state index contributed by atoms with van der Waals surface area (Å²) in [6.07, 6.45) is 0. The molecule has 7 nitrogen and oxygen atoms in total. The molecule has 0 spiro atoms. The first-order valence-electron chi connectivity index (χ1n) is 4.55. The number of rotatable bonds is 2. The van der Waals surface area contributed by atoms with Crippen LogP contribution in [-0.4, -0.2) is 53.6 Å². The van der Waals surface area contributed by atoms with Gasteiger partial charge in [-0.2, -0.15) is 0 Å². The Balaban J connectivity index is 2.46. The number of hydrogen-bond acceptors (Lipinski definition) is 3. The molecule has 1 heterocycles. The van der Waals surface area contributed by atoms with Crippen molar-refractivity contribution >= 4 is 17.9 Å². The maximum Gasteiger partial charge on any atom is 0.325 e. The molecule has 0 aromatic carbocycles. The topological polar surface area (TPSA) is 98.7 Å². The van der Waals surface area contributed by atoms with Crippen LogP contribution in [0.1, 0.15) is 6.92 Å². The maximum atomic E-state index is 11.4. The molecular weight excluding hydrogens is 202 g/mol. The molecule has 1 saturated heterocycles. The van der Waals surface area contributed by atoms with Gasteiger partial charge in [-0.3, -0.25) is 9.59 Å². The van der Waals surface area contributed by atoms with E-state index < -0.39 is 18.0 Å². The lowest BCUT2D eigenvalue weighted by atomic mass is 10.3. The summed E-state index contributed by atoms with van der Waals surface area (Å²) >= 11 is 0. The van der Waals surface area contributed by atoms with Crippen LogP contribution in [-0.2, 0) is 9.59 Å². The molecule has 0 radical (unpaired) electrons. The van der Waals surface area contributed by atoms with Crippen LogP contribution in [0, 0.1) is 0 Å². The SMILES string of the molecule is C[C@@H](NC(=O)N1CCNC(=O)C1)C(=O)O. The molecule has 1 atom stereocenters. The van der Waals surface area contributed by atoms with Crippen LogP contribution >= 0.6 is 0 Å². The van der Waals surface area contributed by atoms with Crippen LogP contribution in [0.3, 0.4) is 0 Å². The summed E-state index contributed by atoms with van der Waals surface area (Å²) in [7, 11) is 0. The first kappa shape index (κ1) is 11.3. The molecule has 7 heteroatoms. The maximum absolute atomic E-state index is 11.4. The molecule has 1 fully saturated rings. The number of nitrogens with zero attached hydrogens (tertiary/aromatic N) is 1. The number of hydrogen-bond donors (Lipinski definition) is 3. The Morgan fingerprint density at radius 2 is 2.27 bits per heavy atom. The Morgan fingerprint density at radius 1 is 1.60 bits per heavy atom. The van der Waals surface area contributed by atoms with Crippen molar-refractivity contribution in [1.82, 2.24) is 15.5 Å². The van der Waals surface area contributed by atoms with Gasteiger partial charge in [0.25, 0.3) is 0 Å². The molecule has 3 amide bonds. The van der Waals surface area contributed by atoms with Crippen LogP contribution in [0.25, 0.3) is 0 Å². The number of amides is 3. The summed E-state index contributed by atoms with van der Waals surface area (Å²) in [6, 6.07) is -1.48. The number of piperazine rings is 1. The van der Waals surface area contributed by atoms with Crippen molar-refractivity contribution in [3.63, 3.8) is 0 Å². The second-order valence-corrected chi connectivity index (χ2v) is 3.28. The van der Waals surface area contributed by atoms with Gasteiger partial charge in [0.05, 0.1) is 0 Å². The quantitative estimate of drug-likeness (QED) is 0.527. The lowest BCUT2D eigenvalue weighted by Gasteiger charge is -2.27. The molecule has 0 aromatic rings. The van der Waals surface area contributed by atoms with Crippen LogP contribution in [0.2, 0.25) is 0 Å². The standard InChI is InChI=1S/C8H13N3O4/c1-5(7(13)14)10-8(15)11-3-2-9-6(12)4-11/h5H,2-4H2,1H3,(H,9,12)(H,10,15)(H,13,14)/t5-/m1/s1. The third-order valence-electron chi connectivity index (χ3n) is 2.04. The fraction of sp³-hybridized carbons (Fsp3) is 0.625. The Labute approximate surface area is 86.4 Å². The van der Waals surface area contributed by atoms with Gasteiger partial charge in [0.2, 0.25) is 5.91 Å². The van der Waals surface area contributed by atoms with E-state index in [2.05, 4.69) is 10.6 Å². The monoisotopic (exact) mass is 215 g/mol. The number of carbonyl (C=O) groups excluding carboxylic acids is 2. The van der Waals surface area contributed by atoms with E-state index in [1.165, 1.54) is 11.8 Å². The summed E-state index contributed by atoms with van der Waals surface area (Å²) in [5.74, 6) is -1.34. The van der Waals surface area contributed by atoms with Crippen molar-refractivity contribution < 1.29 is 19.5 Å². The van der Waals surface area contributed by atoms with E-state index in [9.17, 15) is 14.4 Å². The highest BCUT2D eigenvalue weighted by molar-refractivity contribution is 5.87. The van der Waals surface area contributed by atoms with E-state index in [1.54, 1.807) is 0 Å². The molecule has 0 bridgehead atoms. The first-order valence-corrected chi connectivity index (χ1v) is 4.55. The summed E-state index contributed by atoms with van der Waals surface area (Å²) in [5.41, 5.74) is 0. The molecule has 0 aromatic heterocycles. The van der Waals surface area contributed by atoms with E-state index in [-0.39, 0.29) is 12.5 Å². The molecule has 84 valence electrons. The van der Waals surface area contributed by atoms with Crippen LogP contribution in [0.4, 0.5) is 4.79 Å². The number of carboxylic acids is 1. The second-order valence-electron chi connectivity index (χ2n) is 3.28. The van der Waals surface area contributed by atoms with Crippen LogP contribution < -0.4 is 10.6 Å². The van der Waals surface area contributed by atoms with E-state index in [1.807, 2.05) is 0 Å². The van der Waals surface area contributed by atoms with Crippen LogP contribution in [0.5, 0.6) is 0 Å². The normalized spacial score (nSPS) is 17.9. The molecular formula is C8H13N3O4. The predicted octanol–water partition coefficient (Wildman–Crippen LogP) is -1.40. The summed E-state index contributed by atoms with van der Waals surface area (Å²) in [6.45, 7) is 2.13. The highest BCUT2D eigenvalue weighted by Crippen LogP contribution is 1.95. The average Bonchev–Trinajstić information content (AvgIpc) is 2.17. The van der Waals surface area contributed by atoms with Gasteiger partial charge in [0, 0.05) is 13.1 Å². The van der Waals surface area contributed by atoms with Gasteiger partial charge in [0.1, 0.15) is 12.6 Å². The van der Waals surface area contributed by atoms with Crippen molar-refractivity contribution in [3.8, 4) is 0 Å². The van der Waals surface area contributed by atoms with Crippen molar-refractivity contribution in [1.29, 1.82) is 0 Å². The number of urea groups is 1. The smallest absolute Gasteiger partial charge is 0.325 e. The average molecular weight is 215 g/mol. The van der Waals surface area contributed by atoms with E-state index in [0.717, 1.165) is 0 Å². The first-order chi connectivity index (χ1) is 7.00. The van der Waals surface area contributed by atoms with E-state index in [0.29, 0.717) is 13.1 Å². The van der Waals surface area contributed by atoms with Crippen molar-refractivity contribution in [2.24, 2.45) is 0 Å². The Bertz CT molecular complexity index is 292. The molecule has 0 saturated carbocycles. The minimum Gasteiger partial charge on any atom is -0.480 e. The zero-order valence-corrected chi connectivity index (χ0v) is 8.32. The Morgan fingerprint density at radius 3 is 2.80 bits per heavy atom. The van der Waals surface area contributed by atoms with Crippen molar-refractivity contribution in [3.05, 3.63) is 0 Å². The zero-order chi connectivity index (χ0) is 11.4. The van der Waals surface area contributed by atoms with Crippen molar-refractivity contribution in [2.45, 2.75) is 13.0 Å². The summed E-state index contributed by atoms with van der Waals surface area (Å²) in [4.78, 5) is 34.1. The second kappa shape index (κ2) is 4.63. The number of carbonyl (C=O) groups is 3. The zero-order valence-electron chi connectivity index (χ0n) is 8.32. The lowest BCUT2D eigenvalue weighted by Crippen LogP contribution is -2.55.